The topological polar surface area (TPSA) is 118 Å². The van der Waals surface area contributed by atoms with Crippen LogP contribution in [0, 0.1) is 6.92 Å². The molecule has 0 atom stereocenters. The number of hydrogen-bond donors (Lipinski definition) is 1. The van der Waals surface area contributed by atoms with Crippen molar-refractivity contribution in [2.24, 2.45) is 0 Å². The fraction of sp³-hybridized carbons (Fsp3) is 0.733. The van der Waals surface area contributed by atoms with Crippen molar-refractivity contribution in [3.8, 4) is 0 Å². The van der Waals surface area contributed by atoms with Crippen LogP contribution in [0.15, 0.2) is 12.1 Å². The highest BCUT2D eigenvalue weighted by Crippen LogP contribution is 2.23. The molecule has 0 spiro atoms. The number of hydrogen-bond acceptors (Lipinski definition) is 11. The largest absolute Gasteiger partial charge is 0.390 e. The zero-order chi connectivity index (χ0) is 31.3. The first-order chi connectivity index (χ1) is 20.4. The van der Waals surface area contributed by atoms with Crippen LogP contribution in [0.1, 0.15) is 58.6 Å². The van der Waals surface area contributed by atoms with Crippen LogP contribution in [0.4, 0.5) is 11.6 Å². The van der Waals surface area contributed by atoms with Crippen LogP contribution in [0.25, 0.3) is 0 Å². The number of ether oxygens (including phenoxy) is 4. The maximum atomic E-state index is 9.75. The van der Waals surface area contributed by atoms with Crippen molar-refractivity contribution in [2.75, 3.05) is 82.2 Å². The molecule has 0 unspecified atom stereocenters. The molecule has 6 heterocycles. The van der Waals surface area contributed by atoms with Gasteiger partial charge in [-0.3, -0.25) is 0 Å². The lowest BCUT2D eigenvalue weighted by molar-refractivity contribution is 0.0708. The predicted molar refractivity (Wildman–Crippen MR) is 170 cm³/mol. The van der Waals surface area contributed by atoms with Gasteiger partial charge < -0.3 is 33.9 Å². The molecule has 0 saturated carbocycles. The monoisotopic (exact) mass is 642 g/mol. The fourth-order valence-corrected chi connectivity index (χ4v) is 4.48. The number of aromatic nitrogens is 4. The zero-order valence-electron chi connectivity index (χ0n) is 26.3. The van der Waals surface area contributed by atoms with Crippen LogP contribution in [-0.2, 0) is 25.4 Å². The third-order valence-electron chi connectivity index (χ3n) is 6.70. The summed E-state index contributed by atoms with van der Waals surface area (Å²) in [6.07, 6.45) is 3.78. The Balaban J connectivity index is 0.000000182. The van der Waals surface area contributed by atoms with Crippen LogP contribution in [-0.4, -0.2) is 109 Å². The Morgan fingerprint density at radius 2 is 1.23 bits per heavy atom. The van der Waals surface area contributed by atoms with Crippen molar-refractivity contribution in [1.82, 2.24) is 19.9 Å². The lowest BCUT2D eigenvalue weighted by atomic mass is 10.0. The first kappa shape index (κ1) is 35.6. The summed E-state index contributed by atoms with van der Waals surface area (Å²) in [6.45, 7) is 18.8. The minimum atomic E-state index is -0.717. The summed E-state index contributed by atoms with van der Waals surface area (Å²) >= 11 is 11.9. The van der Waals surface area contributed by atoms with Crippen molar-refractivity contribution in [3.05, 3.63) is 34.1 Å². The number of epoxide rings is 1. The Hall–Kier alpha value is -1.86. The van der Waals surface area contributed by atoms with Gasteiger partial charge in [0.2, 0.25) is 0 Å². The maximum absolute atomic E-state index is 9.75. The zero-order valence-corrected chi connectivity index (χ0v) is 27.8. The molecular formula is C30H48Cl2N6O5. The van der Waals surface area contributed by atoms with Crippen molar-refractivity contribution >= 4 is 34.8 Å². The summed E-state index contributed by atoms with van der Waals surface area (Å²) < 4.78 is 20.4. The first-order valence-corrected chi connectivity index (χ1v) is 15.8. The van der Waals surface area contributed by atoms with Crippen molar-refractivity contribution in [3.63, 3.8) is 0 Å². The average Bonchev–Trinajstić information content (AvgIpc) is 3.37. The number of nitrogens with zero attached hydrogens (tertiary/aromatic N) is 6. The highest BCUT2D eigenvalue weighted by atomic mass is 35.5. The number of aliphatic hydroxyl groups is 1. The van der Waals surface area contributed by atoms with E-state index in [1.807, 2.05) is 6.92 Å². The molecule has 4 aliphatic heterocycles. The molecule has 4 fully saturated rings. The summed E-state index contributed by atoms with van der Waals surface area (Å²) in [6, 6.07) is 3.57. The normalized spacial score (nSPS) is 19.3. The van der Waals surface area contributed by atoms with Crippen LogP contribution in [0.2, 0.25) is 10.3 Å². The Morgan fingerprint density at radius 1 is 0.791 bits per heavy atom. The van der Waals surface area contributed by atoms with E-state index in [-0.39, 0.29) is 5.60 Å². The van der Waals surface area contributed by atoms with Crippen LogP contribution < -0.4 is 9.80 Å². The molecule has 0 bridgehead atoms. The lowest BCUT2D eigenvalue weighted by Gasteiger charge is -2.28. The van der Waals surface area contributed by atoms with Gasteiger partial charge in [0.05, 0.1) is 44.2 Å². The summed E-state index contributed by atoms with van der Waals surface area (Å²) in [5.41, 5.74) is -0.467. The Labute approximate surface area is 266 Å². The molecule has 0 amide bonds. The molecule has 0 aliphatic carbocycles. The smallest absolute Gasteiger partial charge is 0.134 e. The van der Waals surface area contributed by atoms with Crippen LogP contribution >= 0.6 is 23.2 Å². The number of morpholine rings is 2. The maximum Gasteiger partial charge on any atom is 0.134 e. The molecule has 11 nitrogen and oxygen atoms in total. The molecule has 43 heavy (non-hydrogen) atoms. The quantitative estimate of drug-likeness (QED) is 0.366. The summed E-state index contributed by atoms with van der Waals surface area (Å²) in [4.78, 5) is 21.4. The van der Waals surface area contributed by atoms with Crippen molar-refractivity contribution in [2.45, 2.75) is 71.5 Å². The first-order valence-electron chi connectivity index (χ1n) is 15.0. The molecule has 2 aromatic rings. The van der Waals surface area contributed by atoms with E-state index in [1.165, 1.54) is 12.8 Å². The minimum Gasteiger partial charge on any atom is -0.390 e. The minimum absolute atomic E-state index is 0.250. The molecular weight excluding hydrogens is 595 g/mol. The Morgan fingerprint density at radius 3 is 1.63 bits per heavy atom. The average molecular weight is 644 g/mol. The molecule has 0 aromatic carbocycles. The van der Waals surface area contributed by atoms with Gasteiger partial charge in [-0.2, -0.15) is 0 Å². The molecule has 2 aromatic heterocycles. The second-order valence-corrected chi connectivity index (χ2v) is 12.7. The van der Waals surface area contributed by atoms with E-state index in [9.17, 15) is 5.11 Å². The highest BCUT2D eigenvalue weighted by molar-refractivity contribution is 6.29. The van der Waals surface area contributed by atoms with Crippen LogP contribution in [0.5, 0.6) is 0 Å². The third-order valence-corrected chi connectivity index (χ3v) is 7.09. The van der Waals surface area contributed by atoms with Gasteiger partial charge in [0, 0.05) is 57.9 Å². The van der Waals surface area contributed by atoms with Crippen LogP contribution in [0.3, 0.4) is 0 Å². The number of aryl methyl sites for hydroxylation is 2. The third kappa shape index (κ3) is 15.1. The van der Waals surface area contributed by atoms with Gasteiger partial charge in [-0.1, -0.05) is 23.2 Å². The van der Waals surface area contributed by atoms with Gasteiger partial charge in [-0.25, -0.2) is 19.9 Å². The van der Waals surface area contributed by atoms with E-state index in [2.05, 4.69) is 43.6 Å². The van der Waals surface area contributed by atoms with Gasteiger partial charge in [0.15, 0.2) is 0 Å². The second kappa shape index (κ2) is 17.6. The van der Waals surface area contributed by atoms with E-state index in [0.29, 0.717) is 48.0 Å². The van der Waals surface area contributed by atoms with E-state index >= 15 is 0 Å². The highest BCUT2D eigenvalue weighted by Gasteiger charge is 2.32. The number of rotatable bonds is 5. The summed E-state index contributed by atoms with van der Waals surface area (Å²) in [5.74, 6) is 3.12. The predicted octanol–water partition coefficient (Wildman–Crippen LogP) is 4.54. The van der Waals surface area contributed by atoms with Gasteiger partial charge >= 0.3 is 0 Å². The molecule has 242 valence electrons. The van der Waals surface area contributed by atoms with Gasteiger partial charge in [-0.05, 0) is 53.9 Å². The standard InChI is InChI=1S/C13H20ClN3O2.C9H12ClN3O.2C4H8O/c1-13(2,18)4-3-11-15-10(14)9-12(16-11)17-5-7-19-8-6-17;1-7-11-8(10)6-9(12-7)13-2-4-14-5-3-13;1-4(2)3-5-4;1-2-4-5-3-1/h9,18H,3-8H2,1-2H3;6H,2-5H2,1H3;3H2,1-2H3;1-4H2. The summed E-state index contributed by atoms with van der Waals surface area (Å²) in [5, 5.41) is 10.7. The second-order valence-electron chi connectivity index (χ2n) is 11.9. The van der Waals surface area contributed by atoms with E-state index in [0.717, 1.165) is 70.8 Å². The summed E-state index contributed by atoms with van der Waals surface area (Å²) in [7, 11) is 0. The Bertz CT molecular complexity index is 1070. The molecule has 0 radical (unpaired) electrons. The van der Waals surface area contributed by atoms with Crippen molar-refractivity contribution in [1.29, 1.82) is 0 Å². The number of halogens is 2. The molecule has 6 rings (SSSR count). The van der Waals surface area contributed by atoms with E-state index in [4.69, 9.17) is 42.1 Å². The molecule has 1 N–H and O–H groups in total. The van der Waals surface area contributed by atoms with Gasteiger partial charge in [-0.15, -0.1) is 0 Å². The van der Waals surface area contributed by atoms with Crippen molar-refractivity contribution < 1.29 is 24.1 Å². The SMILES string of the molecule is C1CCOC1.CC(C)(O)CCc1nc(Cl)cc(N2CCOCC2)n1.CC1(C)CO1.Cc1nc(Cl)cc(N2CCOCC2)n1. The fourth-order valence-electron chi connectivity index (χ4n) is 4.06. The van der Waals surface area contributed by atoms with E-state index in [1.54, 1.807) is 26.0 Å². The number of anilines is 2. The molecule has 4 saturated heterocycles. The molecule has 13 heteroatoms. The lowest BCUT2D eigenvalue weighted by Crippen LogP contribution is -2.37. The Kier molecular flexibility index (Phi) is 14.6. The van der Waals surface area contributed by atoms with Gasteiger partial charge in [0.1, 0.15) is 33.6 Å². The van der Waals surface area contributed by atoms with E-state index < -0.39 is 5.60 Å². The van der Waals surface area contributed by atoms with Gasteiger partial charge in [0.25, 0.3) is 0 Å². The molecule has 4 aliphatic rings.